The van der Waals surface area contributed by atoms with E-state index in [1.807, 2.05) is 0 Å². The minimum Gasteiger partial charge on any atom is -0.382 e. The van der Waals surface area contributed by atoms with Gasteiger partial charge in [-0.05, 0) is 80.8 Å². The Balaban J connectivity index is 1.36. The van der Waals surface area contributed by atoms with Crippen molar-refractivity contribution in [2.75, 3.05) is 5.73 Å². The number of aliphatic hydroxyl groups is 1. The summed E-state index contributed by atoms with van der Waals surface area (Å²) < 4.78 is 104. The van der Waals surface area contributed by atoms with E-state index >= 15 is 8.78 Å². The van der Waals surface area contributed by atoms with Crippen molar-refractivity contribution >= 4 is 22.6 Å². The molecular formula is C37H32F7N7O2. The zero-order chi connectivity index (χ0) is 38.2. The molecule has 0 saturated heterocycles. The number of nitrogens with zero attached hydrogens (tertiary/aromatic N) is 5. The van der Waals surface area contributed by atoms with E-state index in [0.29, 0.717) is 32.8 Å². The first-order valence-electron chi connectivity index (χ1n) is 16.6. The monoisotopic (exact) mass is 739 g/mol. The molecule has 3 aromatic heterocycles. The number of carbonyl (C=O) groups is 1. The molecule has 0 aliphatic heterocycles. The lowest BCUT2D eigenvalue weighted by Gasteiger charge is -2.34. The van der Waals surface area contributed by atoms with Gasteiger partial charge in [0.15, 0.2) is 11.5 Å². The Labute approximate surface area is 298 Å². The minimum atomic E-state index is -5.05. The zero-order valence-corrected chi connectivity index (χ0v) is 28.5. The van der Waals surface area contributed by atoms with E-state index in [1.54, 1.807) is 37.4 Å². The predicted molar refractivity (Wildman–Crippen MR) is 179 cm³/mol. The number of aryl methyl sites for hydroxylation is 1. The highest BCUT2D eigenvalue weighted by molar-refractivity contribution is 6.00. The fraction of sp³-hybridized carbons (Fsp3) is 0.351. The van der Waals surface area contributed by atoms with Gasteiger partial charge in [0.25, 0.3) is 5.92 Å². The molecule has 0 radical (unpaired) electrons. The van der Waals surface area contributed by atoms with Gasteiger partial charge in [-0.25, -0.2) is 13.8 Å². The Hall–Kier alpha value is -5.43. The van der Waals surface area contributed by atoms with Crippen molar-refractivity contribution in [3.8, 4) is 23.0 Å². The Kier molecular flexibility index (Phi) is 8.55. The van der Waals surface area contributed by atoms with Crippen LogP contribution in [0.15, 0.2) is 48.5 Å². The number of nitrogens with two attached hydrogens (primary N) is 1. The van der Waals surface area contributed by atoms with Gasteiger partial charge in [-0.15, -0.1) is 0 Å². The van der Waals surface area contributed by atoms with Gasteiger partial charge in [0.1, 0.15) is 35.2 Å². The van der Waals surface area contributed by atoms with E-state index in [4.69, 9.17) is 10.7 Å². The maximum absolute atomic E-state index is 15.6. The number of anilines is 1. The summed E-state index contributed by atoms with van der Waals surface area (Å²) in [6, 6.07) is 9.83. The predicted octanol–water partition coefficient (Wildman–Crippen LogP) is 6.53. The summed E-state index contributed by atoms with van der Waals surface area (Å²) in [5.41, 5.74) is 3.51. The van der Waals surface area contributed by atoms with Crippen LogP contribution in [0.1, 0.15) is 72.6 Å². The molecule has 1 fully saturated rings. The van der Waals surface area contributed by atoms with Crippen molar-refractivity contribution in [2.45, 2.75) is 69.3 Å². The number of halogens is 7. The highest BCUT2D eigenvalue weighted by Gasteiger charge is 2.63. The molecule has 2 aliphatic rings. The molecule has 16 heteroatoms. The van der Waals surface area contributed by atoms with Crippen LogP contribution in [0.25, 0.3) is 22.0 Å². The van der Waals surface area contributed by atoms with Crippen molar-refractivity contribution in [1.82, 2.24) is 29.9 Å². The normalized spacial score (nSPS) is 18.2. The first kappa shape index (κ1) is 36.0. The maximum Gasteiger partial charge on any atom is 0.435 e. The standard InChI is InChI=1S/C37H32F7N7O2/c1-35(2,53)12-11-21-7-8-22(23-5-4-6-25-31(23)50(3)49-34(25)45)30(46-21)27(15-18-13-19(38)16-20(39)14-18)47-28(52)17-51-33-29(32(48-51)37(42,43)44)24-9-10-26(24)36(33,40)41/h4-8,13-14,16,24,26-27,53H,9-10,15,17H2,1-3H3,(H2,45,49)(H,47,52). The Morgan fingerprint density at radius 2 is 1.79 bits per heavy atom. The third-order valence-electron chi connectivity index (χ3n) is 9.61. The second kappa shape index (κ2) is 12.6. The summed E-state index contributed by atoms with van der Waals surface area (Å²) in [4.78, 5) is 18.6. The van der Waals surface area contributed by atoms with Crippen molar-refractivity contribution in [3.05, 3.63) is 94.1 Å². The lowest BCUT2D eigenvalue weighted by atomic mass is 9.73. The third kappa shape index (κ3) is 6.58. The molecule has 2 aromatic carbocycles. The molecule has 5 aromatic rings. The number of amides is 1. The molecule has 2 aliphatic carbocycles. The van der Waals surface area contributed by atoms with Crippen molar-refractivity contribution in [3.63, 3.8) is 0 Å². The Bertz CT molecular complexity index is 2330. The molecule has 3 heterocycles. The van der Waals surface area contributed by atoms with Crippen LogP contribution in [-0.2, 0) is 36.9 Å². The summed E-state index contributed by atoms with van der Waals surface area (Å²) in [5, 5.41) is 21.3. The molecule has 1 saturated carbocycles. The minimum absolute atomic E-state index is 0.0261. The number of pyridine rings is 1. The second-order valence-electron chi connectivity index (χ2n) is 13.9. The fourth-order valence-electron chi connectivity index (χ4n) is 7.35. The quantitative estimate of drug-likeness (QED) is 0.129. The van der Waals surface area contributed by atoms with Crippen LogP contribution in [0.2, 0.25) is 0 Å². The first-order valence-corrected chi connectivity index (χ1v) is 16.6. The highest BCUT2D eigenvalue weighted by atomic mass is 19.4. The fourth-order valence-corrected chi connectivity index (χ4v) is 7.35. The Morgan fingerprint density at radius 1 is 1.08 bits per heavy atom. The Morgan fingerprint density at radius 3 is 2.43 bits per heavy atom. The molecule has 276 valence electrons. The van der Waals surface area contributed by atoms with Gasteiger partial charge >= 0.3 is 6.18 Å². The summed E-state index contributed by atoms with van der Waals surface area (Å²) >= 11 is 0. The molecule has 7 rings (SSSR count). The molecule has 3 unspecified atom stereocenters. The average molecular weight is 740 g/mol. The van der Waals surface area contributed by atoms with Crippen LogP contribution in [0.5, 0.6) is 0 Å². The smallest absolute Gasteiger partial charge is 0.382 e. The molecule has 0 bridgehead atoms. The van der Waals surface area contributed by atoms with E-state index < -0.39 is 76.6 Å². The maximum atomic E-state index is 15.6. The highest BCUT2D eigenvalue weighted by Crippen LogP contribution is 2.64. The van der Waals surface area contributed by atoms with Crippen molar-refractivity contribution in [1.29, 1.82) is 0 Å². The van der Waals surface area contributed by atoms with Crippen LogP contribution in [0.4, 0.5) is 36.6 Å². The SMILES string of the molecule is Cn1nc(N)c2cccc(-c3ccc(C#CC(C)(C)O)nc3C(Cc3cc(F)cc(F)c3)NC(=O)Cn3nc(C(F)(F)F)c4c3C(F)(F)C3CCC43)c21. The van der Waals surface area contributed by atoms with E-state index in [0.717, 1.165) is 12.1 Å². The van der Waals surface area contributed by atoms with Crippen LogP contribution in [-0.4, -0.2) is 41.2 Å². The number of hydrogen-bond donors (Lipinski definition) is 3. The zero-order valence-electron chi connectivity index (χ0n) is 28.5. The van der Waals surface area contributed by atoms with Gasteiger partial charge in [0, 0.05) is 41.1 Å². The van der Waals surface area contributed by atoms with Gasteiger partial charge in [0.2, 0.25) is 5.91 Å². The van der Waals surface area contributed by atoms with Crippen LogP contribution >= 0.6 is 0 Å². The van der Waals surface area contributed by atoms with Gasteiger partial charge in [0.05, 0.1) is 17.3 Å². The number of para-hydroxylation sites is 1. The number of fused-ring (bicyclic) bond motifs is 4. The number of aromatic nitrogens is 5. The van der Waals surface area contributed by atoms with E-state index in [-0.39, 0.29) is 42.0 Å². The number of nitrogen functional groups attached to an aromatic ring is 1. The van der Waals surface area contributed by atoms with Crippen molar-refractivity contribution < 1.29 is 40.6 Å². The average Bonchev–Trinajstić information content (AvgIpc) is 3.59. The third-order valence-corrected chi connectivity index (χ3v) is 9.61. The van der Waals surface area contributed by atoms with Gasteiger partial charge < -0.3 is 16.2 Å². The molecule has 9 nitrogen and oxygen atoms in total. The van der Waals surface area contributed by atoms with E-state index in [9.17, 15) is 31.9 Å². The lowest BCUT2D eigenvalue weighted by Crippen LogP contribution is -2.36. The number of nitrogens with one attached hydrogen (secondary N) is 1. The van der Waals surface area contributed by atoms with Gasteiger partial charge in [-0.3, -0.25) is 14.2 Å². The summed E-state index contributed by atoms with van der Waals surface area (Å²) in [5.74, 6) is -3.22. The van der Waals surface area contributed by atoms with Crippen LogP contribution in [0, 0.1) is 29.4 Å². The van der Waals surface area contributed by atoms with Gasteiger partial charge in [-0.1, -0.05) is 18.1 Å². The van der Waals surface area contributed by atoms with Crippen molar-refractivity contribution in [2.24, 2.45) is 13.0 Å². The largest absolute Gasteiger partial charge is 0.435 e. The lowest BCUT2D eigenvalue weighted by molar-refractivity contribution is -0.144. The molecule has 4 N–H and O–H groups in total. The molecule has 3 atom stereocenters. The molecule has 1 amide bonds. The van der Waals surface area contributed by atoms with E-state index in [2.05, 4.69) is 27.4 Å². The number of alkyl halides is 5. The topological polar surface area (TPSA) is 124 Å². The molecular weight excluding hydrogens is 707 g/mol. The summed E-state index contributed by atoms with van der Waals surface area (Å²) in [6.07, 6.45) is -5.19. The number of carbonyl (C=O) groups excluding carboxylic acids is 1. The number of rotatable bonds is 7. The second-order valence-corrected chi connectivity index (χ2v) is 13.9. The number of hydrogen-bond acceptors (Lipinski definition) is 6. The summed E-state index contributed by atoms with van der Waals surface area (Å²) in [7, 11) is 1.66. The molecule has 0 spiro atoms. The van der Waals surface area contributed by atoms with Crippen LogP contribution < -0.4 is 11.1 Å². The molecule has 53 heavy (non-hydrogen) atoms. The van der Waals surface area contributed by atoms with E-state index in [1.165, 1.54) is 18.5 Å². The van der Waals surface area contributed by atoms with Gasteiger partial charge in [-0.2, -0.15) is 32.1 Å². The summed E-state index contributed by atoms with van der Waals surface area (Å²) in [6.45, 7) is 1.88. The number of benzene rings is 2. The first-order chi connectivity index (χ1) is 24.8. The van der Waals surface area contributed by atoms with Crippen LogP contribution in [0.3, 0.4) is 0 Å².